The van der Waals surface area contributed by atoms with Crippen molar-refractivity contribution in [2.45, 2.75) is 75.5 Å². The van der Waals surface area contributed by atoms with Crippen LogP contribution in [0, 0.1) is 5.92 Å². The zero-order valence-electron chi connectivity index (χ0n) is 24.9. The van der Waals surface area contributed by atoms with Crippen molar-refractivity contribution in [2.24, 2.45) is 24.4 Å². The minimum atomic E-state index is -0.875. The zero-order valence-corrected chi connectivity index (χ0v) is 24.9. The molecule has 1 aromatic heterocycles. The smallest absolute Gasteiger partial charge is 0.329 e. The molecule has 236 valence electrons. The molecule has 1 aromatic carbocycles. The van der Waals surface area contributed by atoms with Crippen LogP contribution in [0.1, 0.15) is 57.4 Å². The summed E-state index contributed by atoms with van der Waals surface area (Å²) in [7, 11) is 1.68. The molecule has 4 atom stereocenters. The highest BCUT2D eigenvalue weighted by molar-refractivity contribution is 6.00. The topological polar surface area (TPSA) is 186 Å². The van der Waals surface area contributed by atoms with Crippen LogP contribution in [0.3, 0.4) is 0 Å². The van der Waals surface area contributed by atoms with Crippen molar-refractivity contribution in [3.63, 3.8) is 0 Å². The fourth-order valence-electron chi connectivity index (χ4n) is 7.35. The van der Waals surface area contributed by atoms with Gasteiger partial charge < -0.3 is 26.2 Å². The largest absolute Gasteiger partial charge is 0.371 e. The second-order valence-electron chi connectivity index (χ2n) is 12.6. The van der Waals surface area contributed by atoms with Gasteiger partial charge >= 0.3 is 5.69 Å². The summed E-state index contributed by atoms with van der Waals surface area (Å²) in [5, 5.41) is 2.33. The molecule has 0 spiro atoms. The van der Waals surface area contributed by atoms with Crippen molar-refractivity contribution in [3.8, 4) is 0 Å². The van der Waals surface area contributed by atoms with Crippen LogP contribution in [0.2, 0.25) is 0 Å². The van der Waals surface area contributed by atoms with E-state index >= 15 is 0 Å². The highest BCUT2D eigenvalue weighted by atomic mass is 16.2. The fraction of sp³-hybridized carbons (Fsp3) is 0.600. The number of carbonyl (C=O) groups is 5. The van der Waals surface area contributed by atoms with E-state index < -0.39 is 29.9 Å². The minimum Gasteiger partial charge on any atom is -0.371 e. The second kappa shape index (κ2) is 11.7. The van der Waals surface area contributed by atoms with Gasteiger partial charge in [-0.05, 0) is 62.6 Å². The van der Waals surface area contributed by atoms with Gasteiger partial charge in [0.15, 0.2) is 0 Å². The number of nitrogens with zero attached hydrogens (tertiary/aromatic N) is 5. The van der Waals surface area contributed by atoms with E-state index in [-0.39, 0.29) is 42.4 Å². The van der Waals surface area contributed by atoms with Gasteiger partial charge in [-0.3, -0.25) is 38.4 Å². The molecule has 5 amide bonds. The molecule has 4 aliphatic heterocycles. The second-order valence-corrected chi connectivity index (χ2v) is 12.6. The SMILES string of the molecule is Cn1c(=O)n(C2CCC(=O)NC2=O)c2ccc(N3CC(CCCC(=O)N4CC[C@H]5CC[C@@H](C(N)=O)N5C(=O)[C@@H](N)C4)C3)cc21. The Hall–Kier alpha value is -4.20. The zero-order chi connectivity index (χ0) is 31.3. The lowest BCUT2D eigenvalue weighted by molar-refractivity contribution is -0.144. The number of imide groups is 1. The molecule has 0 radical (unpaired) electrons. The fourth-order valence-corrected chi connectivity index (χ4v) is 7.35. The first-order valence-electron chi connectivity index (χ1n) is 15.5. The summed E-state index contributed by atoms with van der Waals surface area (Å²) < 4.78 is 3.02. The lowest BCUT2D eigenvalue weighted by Gasteiger charge is -2.41. The molecule has 0 bridgehead atoms. The summed E-state index contributed by atoms with van der Waals surface area (Å²) in [5.41, 5.74) is 13.8. The predicted octanol–water partition coefficient (Wildman–Crippen LogP) is -0.671. The van der Waals surface area contributed by atoms with Gasteiger partial charge in [-0.1, -0.05) is 0 Å². The molecule has 0 aliphatic carbocycles. The van der Waals surface area contributed by atoms with Gasteiger partial charge in [0, 0.05) is 57.8 Å². The number of imidazole rings is 1. The van der Waals surface area contributed by atoms with Crippen molar-refractivity contribution in [2.75, 3.05) is 31.1 Å². The van der Waals surface area contributed by atoms with Crippen molar-refractivity contribution in [3.05, 3.63) is 28.7 Å². The first-order chi connectivity index (χ1) is 21.0. The van der Waals surface area contributed by atoms with Crippen LogP contribution in [0.15, 0.2) is 23.0 Å². The number of fused-ring (bicyclic) bond motifs is 2. The molecule has 2 aromatic rings. The number of rotatable bonds is 7. The number of piperidine rings is 1. The molecule has 5 heterocycles. The van der Waals surface area contributed by atoms with Gasteiger partial charge in [0.1, 0.15) is 18.1 Å². The van der Waals surface area contributed by atoms with Gasteiger partial charge in [-0.15, -0.1) is 0 Å². The van der Waals surface area contributed by atoms with Crippen LogP contribution < -0.4 is 27.4 Å². The standard InChI is InChI=1S/C30H40N8O6/c1-34-24-13-19(6-7-21(24)38(30(34)44)23-9-10-25(39)33-28(23)42)36-14-17(15-36)3-2-4-26(40)35-12-11-18-5-8-22(27(32)41)37(18)29(43)20(31)16-35/h6-7,13,17-18,20,22-23H,2-5,8-12,14-16,31H2,1H3,(H2,32,41)(H,33,39,42)/t18-,20+,22+,23?/m1/s1. The third-order valence-electron chi connectivity index (χ3n) is 9.82. The Bertz CT molecular complexity index is 1570. The van der Waals surface area contributed by atoms with Gasteiger partial charge in [-0.25, -0.2) is 4.79 Å². The first kappa shape index (κ1) is 29.9. The van der Waals surface area contributed by atoms with Crippen LogP contribution in [0.25, 0.3) is 11.0 Å². The van der Waals surface area contributed by atoms with Crippen LogP contribution in [0.5, 0.6) is 0 Å². The Kier molecular flexibility index (Phi) is 7.95. The van der Waals surface area contributed by atoms with Crippen molar-refractivity contribution >= 4 is 46.3 Å². The Morgan fingerprint density at radius 2 is 1.77 bits per heavy atom. The number of hydrogen-bond donors (Lipinski definition) is 3. The maximum absolute atomic E-state index is 13.1. The molecule has 44 heavy (non-hydrogen) atoms. The summed E-state index contributed by atoms with van der Waals surface area (Å²) in [6.07, 6.45) is 4.33. The number of amides is 5. The number of nitrogens with one attached hydrogen (secondary N) is 1. The third-order valence-corrected chi connectivity index (χ3v) is 9.82. The number of benzene rings is 1. The Labute approximate surface area is 254 Å². The summed E-state index contributed by atoms with van der Waals surface area (Å²) in [6, 6.07) is 3.44. The average Bonchev–Trinajstić information content (AvgIpc) is 3.49. The van der Waals surface area contributed by atoms with Gasteiger partial charge in [0.2, 0.25) is 29.5 Å². The molecule has 6 rings (SSSR count). The predicted molar refractivity (Wildman–Crippen MR) is 160 cm³/mol. The molecule has 5 N–H and O–H groups in total. The number of aromatic nitrogens is 2. The van der Waals surface area contributed by atoms with Crippen LogP contribution in [-0.4, -0.2) is 92.8 Å². The lowest BCUT2D eigenvalue weighted by atomic mass is 9.93. The molecule has 1 unspecified atom stereocenters. The van der Waals surface area contributed by atoms with E-state index in [1.807, 2.05) is 18.2 Å². The molecular formula is C30H40N8O6. The van der Waals surface area contributed by atoms with Gasteiger partial charge in [-0.2, -0.15) is 0 Å². The van der Waals surface area contributed by atoms with Gasteiger partial charge in [0.25, 0.3) is 0 Å². The van der Waals surface area contributed by atoms with Crippen LogP contribution in [0.4, 0.5) is 5.69 Å². The number of anilines is 1. The average molecular weight is 609 g/mol. The van der Waals surface area contributed by atoms with Crippen molar-refractivity contribution in [1.29, 1.82) is 0 Å². The van der Waals surface area contributed by atoms with E-state index in [0.717, 1.165) is 37.1 Å². The minimum absolute atomic E-state index is 0.00535. The molecular weight excluding hydrogens is 568 g/mol. The van der Waals surface area contributed by atoms with E-state index in [9.17, 15) is 28.8 Å². The monoisotopic (exact) mass is 608 g/mol. The highest BCUT2D eigenvalue weighted by Gasteiger charge is 2.43. The number of primary amides is 1. The maximum Gasteiger partial charge on any atom is 0.329 e. The summed E-state index contributed by atoms with van der Waals surface area (Å²) in [6.45, 7) is 2.31. The molecule has 4 saturated heterocycles. The van der Waals surface area contributed by atoms with E-state index in [0.29, 0.717) is 50.1 Å². The molecule has 4 aliphatic rings. The summed E-state index contributed by atoms with van der Waals surface area (Å²) in [4.78, 5) is 80.5. The quantitative estimate of drug-likeness (QED) is 0.345. The van der Waals surface area contributed by atoms with E-state index in [2.05, 4.69) is 10.2 Å². The van der Waals surface area contributed by atoms with Gasteiger partial charge in [0.05, 0.1) is 11.0 Å². The highest BCUT2D eigenvalue weighted by Crippen LogP contribution is 2.32. The van der Waals surface area contributed by atoms with Crippen molar-refractivity contribution in [1.82, 2.24) is 24.3 Å². The lowest BCUT2D eigenvalue weighted by Crippen LogP contribution is -2.58. The molecule has 0 saturated carbocycles. The van der Waals surface area contributed by atoms with E-state index in [4.69, 9.17) is 11.5 Å². The number of aryl methyl sites for hydroxylation is 1. The number of carbonyl (C=O) groups excluding carboxylic acids is 5. The number of hydrogen-bond acceptors (Lipinski definition) is 8. The maximum atomic E-state index is 13.1. The Morgan fingerprint density at radius 1 is 1.00 bits per heavy atom. The molecule has 4 fully saturated rings. The first-order valence-corrected chi connectivity index (χ1v) is 15.5. The van der Waals surface area contributed by atoms with E-state index in [1.54, 1.807) is 16.8 Å². The number of nitrogens with two attached hydrogens (primary N) is 2. The van der Waals surface area contributed by atoms with Crippen molar-refractivity contribution < 1.29 is 24.0 Å². The van der Waals surface area contributed by atoms with Crippen LogP contribution >= 0.6 is 0 Å². The Morgan fingerprint density at radius 3 is 2.50 bits per heavy atom. The molecule has 14 heteroatoms. The normalized spacial score (nSPS) is 26.3. The van der Waals surface area contributed by atoms with Crippen LogP contribution in [-0.2, 0) is 31.0 Å². The third kappa shape index (κ3) is 5.35. The molecule has 14 nitrogen and oxygen atoms in total. The van der Waals surface area contributed by atoms with E-state index in [1.165, 1.54) is 9.13 Å². The summed E-state index contributed by atoms with van der Waals surface area (Å²) >= 11 is 0. The Balaban J connectivity index is 1.01. The summed E-state index contributed by atoms with van der Waals surface area (Å²) in [5.74, 6) is -1.16.